The molecule has 17 heavy (non-hydrogen) atoms. The molecular weight excluding hydrogens is 264 g/mol. The molecule has 0 aliphatic rings. The molecule has 0 atom stereocenters. The normalized spacial score (nSPS) is 10.3. The summed E-state index contributed by atoms with van der Waals surface area (Å²) < 4.78 is 13.4. The molecule has 1 aromatic heterocycles. The molecule has 1 heterocycles. The molecule has 2 rings (SSSR count). The van der Waals surface area contributed by atoms with Crippen LogP contribution in [0.3, 0.4) is 0 Å². The second-order valence-corrected chi connectivity index (χ2v) is 4.18. The van der Waals surface area contributed by atoms with E-state index in [0.29, 0.717) is 27.5 Å². The minimum Gasteiger partial charge on any atom is -0.296 e. The molecule has 0 aliphatic carbocycles. The van der Waals surface area contributed by atoms with Crippen LogP contribution in [-0.4, -0.2) is 11.3 Å². The number of benzene rings is 1. The van der Waals surface area contributed by atoms with Gasteiger partial charge >= 0.3 is 0 Å². The summed E-state index contributed by atoms with van der Waals surface area (Å²) in [5.41, 5.74) is 0.815. The number of nitrogens with zero attached hydrogens (tertiary/aromatic N) is 1. The number of hydrogen-bond donors (Lipinski definition) is 0. The zero-order valence-electron chi connectivity index (χ0n) is 8.45. The zero-order chi connectivity index (χ0) is 12.4. The molecule has 0 aliphatic heterocycles. The maximum atomic E-state index is 13.4. The van der Waals surface area contributed by atoms with Crippen LogP contribution in [0.2, 0.25) is 10.0 Å². The van der Waals surface area contributed by atoms with Gasteiger partial charge < -0.3 is 0 Å². The molecule has 5 heteroatoms. The maximum absolute atomic E-state index is 13.4. The molecule has 1 aromatic carbocycles. The Kier molecular flexibility index (Phi) is 3.41. The number of aldehydes is 1. The third-order valence-corrected chi connectivity index (χ3v) is 2.79. The molecule has 0 saturated carbocycles. The van der Waals surface area contributed by atoms with Crippen molar-refractivity contribution in [2.45, 2.75) is 0 Å². The van der Waals surface area contributed by atoms with E-state index in [-0.39, 0.29) is 5.69 Å². The Morgan fingerprint density at radius 2 is 2.00 bits per heavy atom. The van der Waals surface area contributed by atoms with Crippen LogP contribution in [0, 0.1) is 5.82 Å². The minimum absolute atomic E-state index is 0.230. The largest absolute Gasteiger partial charge is 0.296 e. The lowest BCUT2D eigenvalue weighted by atomic mass is 10.1. The van der Waals surface area contributed by atoms with Gasteiger partial charge in [-0.3, -0.25) is 4.79 Å². The summed E-state index contributed by atoms with van der Waals surface area (Å²) in [5, 5.41) is 0.929. The molecule has 2 nitrogen and oxygen atoms in total. The summed E-state index contributed by atoms with van der Waals surface area (Å²) in [4.78, 5) is 14.1. The first kappa shape index (κ1) is 12.0. The second-order valence-electron chi connectivity index (χ2n) is 3.33. The molecule has 86 valence electrons. The molecule has 0 saturated heterocycles. The number of hydrogen-bond acceptors (Lipinski definition) is 2. The highest BCUT2D eigenvalue weighted by Crippen LogP contribution is 2.30. The lowest BCUT2D eigenvalue weighted by molar-refractivity contribution is 0.111. The Morgan fingerprint density at radius 3 is 2.65 bits per heavy atom. The summed E-state index contributed by atoms with van der Waals surface area (Å²) >= 11 is 11.8. The fraction of sp³-hybridized carbons (Fsp3) is 0. The summed E-state index contributed by atoms with van der Waals surface area (Å²) in [6.07, 6.45) is 1.74. The van der Waals surface area contributed by atoms with E-state index in [1.54, 1.807) is 18.2 Å². The number of rotatable bonds is 2. The van der Waals surface area contributed by atoms with Crippen molar-refractivity contribution in [1.29, 1.82) is 0 Å². The average Bonchev–Trinajstić information content (AvgIpc) is 2.32. The van der Waals surface area contributed by atoms with Crippen LogP contribution >= 0.6 is 23.2 Å². The number of pyridine rings is 1. The Balaban J connectivity index is 2.57. The van der Waals surface area contributed by atoms with E-state index in [9.17, 15) is 9.18 Å². The van der Waals surface area contributed by atoms with Crippen LogP contribution in [0.15, 0.2) is 30.5 Å². The molecule has 0 fully saturated rings. The Bertz CT molecular complexity index is 587. The number of aromatic nitrogens is 1. The molecule has 0 spiro atoms. The van der Waals surface area contributed by atoms with Gasteiger partial charge in [0.2, 0.25) is 0 Å². The van der Waals surface area contributed by atoms with Gasteiger partial charge in [0, 0.05) is 27.4 Å². The van der Waals surface area contributed by atoms with Crippen LogP contribution in [-0.2, 0) is 0 Å². The van der Waals surface area contributed by atoms with E-state index in [0.717, 1.165) is 0 Å². The van der Waals surface area contributed by atoms with Gasteiger partial charge in [-0.25, -0.2) is 9.37 Å². The third-order valence-electron chi connectivity index (χ3n) is 2.22. The van der Waals surface area contributed by atoms with E-state index in [2.05, 4.69) is 4.98 Å². The summed E-state index contributed by atoms with van der Waals surface area (Å²) in [5.74, 6) is -0.687. The lowest BCUT2D eigenvalue weighted by Crippen LogP contribution is -1.93. The molecule has 0 unspecified atom stereocenters. The summed E-state index contributed by atoms with van der Waals surface area (Å²) in [6, 6.07) is 6.07. The Morgan fingerprint density at radius 1 is 1.24 bits per heavy atom. The van der Waals surface area contributed by atoms with E-state index in [1.165, 1.54) is 12.3 Å². The second kappa shape index (κ2) is 4.82. The number of halogens is 3. The van der Waals surface area contributed by atoms with Crippen LogP contribution in [0.25, 0.3) is 11.1 Å². The van der Waals surface area contributed by atoms with Gasteiger partial charge in [0.1, 0.15) is 5.69 Å². The lowest BCUT2D eigenvalue weighted by Gasteiger charge is -2.05. The smallest absolute Gasteiger partial charge is 0.171 e. The van der Waals surface area contributed by atoms with Gasteiger partial charge in [0.25, 0.3) is 0 Å². The standard InChI is InChI=1S/C12H6Cl2FNO/c13-8-1-2-10(14)9(4-8)7-3-11(15)12(6-17)16-5-7/h1-6H. The van der Waals surface area contributed by atoms with Crippen LogP contribution in [0.4, 0.5) is 4.39 Å². The van der Waals surface area contributed by atoms with Crippen molar-refractivity contribution in [2.75, 3.05) is 0 Å². The Hall–Kier alpha value is -1.45. The fourth-order valence-corrected chi connectivity index (χ4v) is 1.80. The van der Waals surface area contributed by atoms with Gasteiger partial charge in [0.05, 0.1) is 0 Å². The van der Waals surface area contributed by atoms with Crippen molar-refractivity contribution in [3.8, 4) is 11.1 Å². The van der Waals surface area contributed by atoms with Crippen molar-refractivity contribution >= 4 is 29.5 Å². The van der Waals surface area contributed by atoms with Crippen molar-refractivity contribution < 1.29 is 9.18 Å². The third kappa shape index (κ3) is 2.46. The average molecular weight is 270 g/mol. The van der Waals surface area contributed by atoms with E-state index in [4.69, 9.17) is 23.2 Å². The quantitative estimate of drug-likeness (QED) is 0.772. The van der Waals surface area contributed by atoms with Crippen molar-refractivity contribution in [3.05, 3.63) is 52.0 Å². The molecule has 0 N–H and O–H groups in total. The van der Waals surface area contributed by atoms with Crippen molar-refractivity contribution in [1.82, 2.24) is 4.98 Å². The summed E-state index contributed by atoms with van der Waals surface area (Å²) in [7, 11) is 0. The topological polar surface area (TPSA) is 30.0 Å². The van der Waals surface area contributed by atoms with E-state index >= 15 is 0 Å². The van der Waals surface area contributed by atoms with Gasteiger partial charge in [-0.15, -0.1) is 0 Å². The predicted octanol–water partition coefficient (Wildman–Crippen LogP) is 4.01. The van der Waals surface area contributed by atoms with Crippen LogP contribution in [0.5, 0.6) is 0 Å². The van der Waals surface area contributed by atoms with Gasteiger partial charge in [-0.05, 0) is 24.3 Å². The highest BCUT2D eigenvalue weighted by Gasteiger charge is 2.09. The van der Waals surface area contributed by atoms with Gasteiger partial charge in [0.15, 0.2) is 12.1 Å². The van der Waals surface area contributed by atoms with Crippen LogP contribution in [0.1, 0.15) is 10.5 Å². The highest BCUT2D eigenvalue weighted by molar-refractivity contribution is 6.35. The van der Waals surface area contributed by atoms with E-state index in [1.807, 2.05) is 0 Å². The van der Waals surface area contributed by atoms with Crippen molar-refractivity contribution in [3.63, 3.8) is 0 Å². The first-order chi connectivity index (χ1) is 8.11. The maximum Gasteiger partial charge on any atom is 0.171 e. The monoisotopic (exact) mass is 269 g/mol. The highest BCUT2D eigenvalue weighted by atomic mass is 35.5. The van der Waals surface area contributed by atoms with Gasteiger partial charge in [-0.2, -0.15) is 0 Å². The first-order valence-corrected chi connectivity index (χ1v) is 5.43. The molecular formula is C12H6Cl2FNO. The SMILES string of the molecule is O=Cc1ncc(-c2cc(Cl)ccc2Cl)cc1F. The molecule has 0 bridgehead atoms. The fourth-order valence-electron chi connectivity index (χ4n) is 1.40. The van der Waals surface area contributed by atoms with Gasteiger partial charge in [-0.1, -0.05) is 23.2 Å². The molecule has 0 radical (unpaired) electrons. The minimum atomic E-state index is -0.687. The van der Waals surface area contributed by atoms with E-state index < -0.39 is 5.82 Å². The summed E-state index contributed by atoms with van der Waals surface area (Å²) in [6.45, 7) is 0. The first-order valence-electron chi connectivity index (χ1n) is 4.68. The number of carbonyl (C=O) groups excluding carboxylic acids is 1. The van der Waals surface area contributed by atoms with Crippen LogP contribution < -0.4 is 0 Å². The van der Waals surface area contributed by atoms with Crippen molar-refractivity contribution in [2.24, 2.45) is 0 Å². The Labute approximate surface area is 107 Å². The number of carbonyl (C=O) groups is 1. The predicted molar refractivity (Wildman–Crippen MR) is 65.0 cm³/mol. The zero-order valence-corrected chi connectivity index (χ0v) is 9.97. The molecule has 0 amide bonds. The molecule has 2 aromatic rings.